The maximum atomic E-state index is 14.3. The lowest BCUT2D eigenvalue weighted by molar-refractivity contribution is 0.517. The molecule has 1 heterocycles. The molecule has 1 unspecified atom stereocenters. The number of hydrogen-bond acceptors (Lipinski definition) is 2. The number of nitrogens with zero attached hydrogens (tertiary/aromatic N) is 2. The van der Waals surface area contributed by atoms with Crippen LogP contribution in [0.4, 0.5) is 10.2 Å². The molecule has 0 fully saturated rings. The molecule has 1 aromatic heterocycles. The van der Waals surface area contributed by atoms with E-state index in [0.717, 1.165) is 5.69 Å². The number of aryl methyl sites for hydroxylation is 1. The average molecular weight is 296 g/mol. The molecule has 108 valence electrons. The lowest BCUT2D eigenvalue weighted by atomic mass is 9.90. The number of rotatable bonds is 3. The molecule has 1 aromatic carbocycles. The topological polar surface area (TPSA) is 43.8 Å². The van der Waals surface area contributed by atoms with E-state index < -0.39 is 5.82 Å². The number of benzene rings is 1. The fraction of sp³-hybridized carbons (Fsp3) is 0.400. The molecule has 0 amide bonds. The Morgan fingerprint density at radius 1 is 1.30 bits per heavy atom. The molecule has 0 aliphatic carbocycles. The van der Waals surface area contributed by atoms with Gasteiger partial charge in [0.2, 0.25) is 0 Å². The Morgan fingerprint density at radius 2 is 1.95 bits per heavy atom. The molecule has 0 spiro atoms. The quantitative estimate of drug-likeness (QED) is 0.921. The van der Waals surface area contributed by atoms with Crippen LogP contribution in [0.5, 0.6) is 0 Å². The molecular formula is C15H19ClFN3. The highest BCUT2D eigenvalue weighted by Gasteiger charge is 2.24. The summed E-state index contributed by atoms with van der Waals surface area (Å²) in [5.41, 5.74) is 7.94. The molecule has 0 bridgehead atoms. The third kappa shape index (κ3) is 2.40. The van der Waals surface area contributed by atoms with E-state index in [4.69, 9.17) is 17.3 Å². The minimum Gasteiger partial charge on any atom is -0.383 e. The predicted molar refractivity (Wildman–Crippen MR) is 81.3 cm³/mol. The van der Waals surface area contributed by atoms with Gasteiger partial charge in [0.25, 0.3) is 0 Å². The minimum atomic E-state index is -0.453. The second kappa shape index (κ2) is 5.44. The van der Waals surface area contributed by atoms with Crippen LogP contribution in [0.15, 0.2) is 18.2 Å². The molecule has 0 saturated heterocycles. The zero-order valence-electron chi connectivity index (χ0n) is 12.1. The number of hydrogen-bond donors (Lipinski definition) is 1. The van der Waals surface area contributed by atoms with Gasteiger partial charge in [-0.15, -0.1) is 0 Å². The standard InChI is InChI=1S/C15H19ClFN3/c1-8(2)9(3)14-12(15(18)20(4)19-14)10-6-5-7-11(16)13(10)17/h5-9H,18H2,1-4H3. The van der Waals surface area contributed by atoms with Gasteiger partial charge in [-0.25, -0.2) is 4.39 Å². The Bertz CT molecular complexity index is 634. The summed E-state index contributed by atoms with van der Waals surface area (Å²) >= 11 is 5.87. The largest absolute Gasteiger partial charge is 0.383 e. The van der Waals surface area contributed by atoms with Gasteiger partial charge in [0, 0.05) is 18.5 Å². The third-order valence-corrected chi connectivity index (χ3v) is 4.06. The maximum absolute atomic E-state index is 14.3. The molecule has 2 N–H and O–H groups in total. The molecular weight excluding hydrogens is 277 g/mol. The van der Waals surface area contributed by atoms with E-state index in [0.29, 0.717) is 22.9 Å². The van der Waals surface area contributed by atoms with Crippen molar-refractivity contribution < 1.29 is 4.39 Å². The van der Waals surface area contributed by atoms with Gasteiger partial charge in [-0.05, 0) is 12.0 Å². The SMILES string of the molecule is CC(C)C(C)c1nn(C)c(N)c1-c1cccc(Cl)c1F. The first kappa shape index (κ1) is 14.9. The van der Waals surface area contributed by atoms with Crippen molar-refractivity contribution in [1.29, 1.82) is 0 Å². The Labute approximate surface area is 123 Å². The van der Waals surface area contributed by atoms with Crippen LogP contribution < -0.4 is 5.73 Å². The fourth-order valence-electron chi connectivity index (χ4n) is 2.17. The van der Waals surface area contributed by atoms with Gasteiger partial charge in [-0.1, -0.05) is 44.5 Å². The fourth-order valence-corrected chi connectivity index (χ4v) is 2.34. The number of anilines is 1. The number of nitrogen functional groups attached to an aromatic ring is 1. The van der Waals surface area contributed by atoms with E-state index in [1.54, 1.807) is 23.9 Å². The summed E-state index contributed by atoms with van der Waals surface area (Å²) in [6, 6.07) is 4.93. The highest BCUT2D eigenvalue weighted by atomic mass is 35.5. The highest BCUT2D eigenvalue weighted by molar-refractivity contribution is 6.31. The number of nitrogens with two attached hydrogens (primary N) is 1. The Balaban J connectivity index is 2.70. The normalized spacial score (nSPS) is 12.9. The van der Waals surface area contributed by atoms with E-state index >= 15 is 0 Å². The Hall–Kier alpha value is -1.55. The summed E-state index contributed by atoms with van der Waals surface area (Å²) in [6.45, 7) is 6.28. The van der Waals surface area contributed by atoms with Crippen LogP contribution in [0.3, 0.4) is 0 Å². The zero-order valence-corrected chi connectivity index (χ0v) is 12.9. The van der Waals surface area contributed by atoms with E-state index in [1.807, 2.05) is 0 Å². The molecule has 0 radical (unpaired) electrons. The van der Waals surface area contributed by atoms with E-state index in [1.165, 1.54) is 6.07 Å². The lowest BCUT2D eigenvalue weighted by Gasteiger charge is -2.15. The second-order valence-corrected chi connectivity index (χ2v) is 5.81. The smallest absolute Gasteiger partial charge is 0.149 e. The summed E-state index contributed by atoms with van der Waals surface area (Å²) in [5.74, 6) is 0.553. The summed E-state index contributed by atoms with van der Waals surface area (Å²) in [6.07, 6.45) is 0. The molecule has 3 nitrogen and oxygen atoms in total. The summed E-state index contributed by atoms with van der Waals surface area (Å²) in [4.78, 5) is 0. The lowest BCUT2D eigenvalue weighted by Crippen LogP contribution is -2.05. The van der Waals surface area contributed by atoms with Gasteiger partial charge < -0.3 is 5.73 Å². The Morgan fingerprint density at radius 3 is 2.55 bits per heavy atom. The molecule has 1 atom stereocenters. The van der Waals surface area contributed by atoms with Crippen molar-refractivity contribution in [2.75, 3.05) is 5.73 Å². The van der Waals surface area contributed by atoms with Gasteiger partial charge >= 0.3 is 0 Å². The number of halogens is 2. The first-order chi connectivity index (χ1) is 9.34. The highest BCUT2D eigenvalue weighted by Crippen LogP contribution is 2.38. The summed E-state index contributed by atoms with van der Waals surface area (Å²) in [5, 5.41) is 4.55. The third-order valence-electron chi connectivity index (χ3n) is 3.77. The van der Waals surface area contributed by atoms with Gasteiger partial charge in [0.05, 0.1) is 16.3 Å². The number of aromatic nitrogens is 2. The second-order valence-electron chi connectivity index (χ2n) is 5.40. The molecule has 0 saturated carbocycles. The van der Waals surface area contributed by atoms with Gasteiger partial charge in [-0.3, -0.25) is 4.68 Å². The zero-order chi connectivity index (χ0) is 15.0. The van der Waals surface area contributed by atoms with Crippen molar-refractivity contribution in [3.05, 3.63) is 34.7 Å². The van der Waals surface area contributed by atoms with Crippen LogP contribution in [0, 0.1) is 11.7 Å². The maximum Gasteiger partial charge on any atom is 0.149 e. The van der Waals surface area contributed by atoms with Crippen LogP contribution >= 0.6 is 11.6 Å². The predicted octanol–water partition coefficient (Wildman–Crippen LogP) is 4.22. The Kier molecular flexibility index (Phi) is 4.04. The first-order valence-electron chi connectivity index (χ1n) is 6.61. The summed E-state index contributed by atoms with van der Waals surface area (Å²) < 4.78 is 15.9. The van der Waals surface area contributed by atoms with Gasteiger partial charge in [0.15, 0.2) is 0 Å². The molecule has 2 rings (SSSR count). The molecule has 0 aliphatic heterocycles. The van der Waals surface area contributed by atoms with Crippen LogP contribution in [0.1, 0.15) is 32.4 Å². The molecule has 20 heavy (non-hydrogen) atoms. The van der Waals surface area contributed by atoms with Gasteiger partial charge in [0.1, 0.15) is 11.6 Å². The van der Waals surface area contributed by atoms with Crippen molar-refractivity contribution >= 4 is 17.4 Å². The first-order valence-corrected chi connectivity index (χ1v) is 6.99. The van der Waals surface area contributed by atoms with E-state index in [9.17, 15) is 4.39 Å². The summed E-state index contributed by atoms with van der Waals surface area (Å²) in [7, 11) is 1.76. The van der Waals surface area contributed by atoms with Crippen LogP contribution in [-0.2, 0) is 7.05 Å². The monoisotopic (exact) mass is 295 g/mol. The molecule has 0 aliphatic rings. The van der Waals surface area contributed by atoms with Crippen LogP contribution in [-0.4, -0.2) is 9.78 Å². The van der Waals surface area contributed by atoms with E-state index in [-0.39, 0.29) is 10.9 Å². The van der Waals surface area contributed by atoms with Crippen LogP contribution in [0.2, 0.25) is 5.02 Å². The van der Waals surface area contributed by atoms with E-state index in [2.05, 4.69) is 25.9 Å². The van der Waals surface area contributed by atoms with Gasteiger partial charge in [-0.2, -0.15) is 5.10 Å². The average Bonchev–Trinajstić information content (AvgIpc) is 2.68. The van der Waals surface area contributed by atoms with Crippen molar-refractivity contribution in [3.63, 3.8) is 0 Å². The van der Waals surface area contributed by atoms with Crippen molar-refractivity contribution in [1.82, 2.24) is 9.78 Å². The van der Waals surface area contributed by atoms with Crippen molar-refractivity contribution in [2.45, 2.75) is 26.7 Å². The van der Waals surface area contributed by atoms with Crippen molar-refractivity contribution in [2.24, 2.45) is 13.0 Å². The molecule has 5 heteroatoms. The van der Waals surface area contributed by atoms with Crippen molar-refractivity contribution in [3.8, 4) is 11.1 Å². The molecule has 2 aromatic rings. The minimum absolute atomic E-state index is 0.0916. The van der Waals surface area contributed by atoms with Crippen LogP contribution in [0.25, 0.3) is 11.1 Å².